The van der Waals surface area contributed by atoms with Gasteiger partial charge in [0.25, 0.3) is 0 Å². The summed E-state index contributed by atoms with van der Waals surface area (Å²) in [5, 5.41) is 9.30. The van der Waals surface area contributed by atoms with Crippen LogP contribution in [0.3, 0.4) is 0 Å². The summed E-state index contributed by atoms with van der Waals surface area (Å²) in [5.41, 5.74) is 0. The first-order valence-corrected chi connectivity index (χ1v) is 5.47. The SMILES string of the molecule is O=CCCCNC(=O)CC1CNCCN1. The molecule has 0 bridgehead atoms. The Morgan fingerprint density at radius 1 is 1.47 bits per heavy atom. The highest BCUT2D eigenvalue weighted by atomic mass is 16.1. The van der Waals surface area contributed by atoms with Crippen LogP contribution in [0.1, 0.15) is 19.3 Å². The van der Waals surface area contributed by atoms with E-state index in [1.54, 1.807) is 0 Å². The van der Waals surface area contributed by atoms with Gasteiger partial charge < -0.3 is 20.7 Å². The largest absolute Gasteiger partial charge is 0.356 e. The van der Waals surface area contributed by atoms with E-state index in [1.165, 1.54) is 0 Å². The van der Waals surface area contributed by atoms with E-state index in [9.17, 15) is 9.59 Å². The van der Waals surface area contributed by atoms with Crippen LogP contribution >= 0.6 is 0 Å². The highest BCUT2D eigenvalue weighted by Gasteiger charge is 2.15. The molecule has 5 nitrogen and oxygen atoms in total. The monoisotopic (exact) mass is 213 g/mol. The first kappa shape index (κ1) is 12.1. The molecule has 0 saturated carbocycles. The lowest BCUT2D eigenvalue weighted by molar-refractivity contribution is -0.121. The van der Waals surface area contributed by atoms with Crippen molar-refractivity contribution in [1.82, 2.24) is 16.0 Å². The van der Waals surface area contributed by atoms with Crippen molar-refractivity contribution >= 4 is 12.2 Å². The summed E-state index contributed by atoms with van der Waals surface area (Å²) < 4.78 is 0. The summed E-state index contributed by atoms with van der Waals surface area (Å²) in [6, 6.07) is 0.241. The first-order valence-electron chi connectivity index (χ1n) is 5.47. The molecule has 0 aromatic carbocycles. The second kappa shape index (κ2) is 7.36. The lowest BCUT2D eigenvalue weighted by Crippen LogP contribution is -2.50. The average Bonchev–Trinajstić information content (AvgIpc) is 2.26. The van der Waals surface area contributed by atoms with Crippen LogP contribution in [-0.2, 0) is 9.59 Å². The van der Waals surface area contributed by atoms with Crippen LogP contribution in [-0.4, -0.2) is 44.4 Å². The summed E-state index contributed by atoms with van der Waals surface area (Å²) >= 11 is 0. The van der Waals surface area contributed by atoms with E-state index in [-0.39, 0.29) is 11.9 Å². The van der Waals surface area contributed by atoms with Crippen molar-refractivity contribution in [2.45, 2.75) is 25.3 Å². The van der Waals surface area contributed by atoms with E-state index in [4.69, 9.17) is 0 Å². The molecule has 1 unspecified atom stereocenters. The molecule has 1 saturated heterocycles. The second-order valence-corrected chi connectivity index (χ2v) is 3.72. The van der Waals surface area contributed by atoms with Crippen molar-refractivity contribution < 1.29 is 9.59 Å². The molecule has 1 heterocycles. The van der Waals surface area contributed by atoms with Crippen molar-refractivity contribution in [2.24, 2.45) is 0 Å². The van der Waals surface area contributed by atoms with Crippen LogP contribution in [0.25, 0.3) is 0 Å². The van der Waals surface area contributed by atoms with Gasteiger partial charge in [-0.25, -0.2) is 0 Å². The van der Waals surface area contributed by atoms with Crippen molar-refractivity contribution in [3.05, 3.63) is 0 Å². The molecule has 1 fully saturated rings. The van der Waals surface area contributed by atoms with Crippen LogP contribution in [0.15, 0.2) is 0 Å². The average molecular weight is 213 g/mol. The van der Waals surface area contributed by atoms with E-state index in [0.717, 1.165) is 32.3 Å². The molecule has 0 aromatic heterocycles. The summed E-state index contributed by atoms with van der Waals surface area (Å²) in [6.45, 7) is 3.33. The number of piperazine rings is 1. The van der Waals surface area contributed by atoms with Crippen LogP contribution < -0.4 is 16.0 Å². The lowest BCUT2D eigenvalue weighted by Gasteiger charge is -2.23. The Labute approximate surface area is 90.0 Å². The molecule has 0 aliphatic carbocycles. The maximum absolute atomic E-state index is 11.4. The van der Waals surface area contributed by atoms with Gasteiger partial charge in [0.05, 0.1) is 0 Å². The molecule has 1 amide bonds. The van der Waals surface area contributed by atoms with Crippen molar-refractivity contribution in [3.63, 3.8) is 0 Å². The zero-order valence-electron chi connectivity index (χ0n) is 8.92. The van der Waals surface area contributed by atoms with Crippen molar-refractivity contribution in [1.29, 1.82) is 0 Å². The highest BCUT2D eigenvalue weighted by Crippen LogP contribution is 1.94. The lowest BCUT2D eigenvalue weighted by atomic mass is 10.1. The minimum Gasteiger partial charge on any atom is -0.356 e. The third kappa shape index (κ3) is 5.49. The Kier molecular flexibility index (Phi) is 5.96. The topological polar surface area (TPSA) is 70.2 Å². The minimum atomic E-state index is 0.0575. The van der Waals surface area contributed by atoms with Gasteiger partial charge in [0.2, 0.25) is 5.91 Å². The molecule has 1 aliphatic heterocycles. The number of carbonyl (C=O) groups is 2. The number of rotatable bonds is 6. The quantitative estimate of drug-likeness (QED) is 0.392. The molecule has 1 rings (SSSR count). The van der Waals surface area contributed by atoms with E-state index < -0.39 is 0 Å². The summed E-state index contributed by atoms with van der Waals surface area (Å²) in [7, 11) is 0. The van der Waals surface area contributed by atoms with Crippen LogP contribution in [0.2, 0.25) is 0 Å². The standard InChI is InChI=1S/C10H19N3O2/c14-6-2-1-3-13-10(15)7-9-8-11-4-5-12-9/h6,9,11-12H,1-5,7-8H2,(H,13,15). The molecule has 0 spiro atoms. The van der Waals surface area contributed by atoms with Crippen LogP contribution in [0.5, 0.6) is 0 Å². The molecule has 86 valence electrons. The molecule has 5 heteroatoms. The van der Waals surface area contributed by atoms with E-state index in [0.29, 0.717) is 19.4 Å². The molecular formula is C10H19N3O2. The smallest absolute Gasteiger partial charge is 0.221 e. The summed E-state index contributed by atoms with van der Waals surface area (Å²) in [6.07, 6.45) is 2.63. The van der Waals surface area contributed by atoms with Gasteiger partial charge in [0.15, 0.2) is 0 Å². The molecule has 3 N–H and O–H groups in total. The van der Waals surface area contributed by atoms with Gasteiger partial charge >= 0.3 is 0 Å². The molecule has 0 radical (unpaired) electrons. The number of carbonyl (C=O) groups excluding carboxylic acids is 2. The molecule has 15 heavy (non-hydrogen) atoms. The van der Waals surface area contributed by atoms with Crippen LogP contribution in [0.4, 0.5) is 0 Å². The van der Waals surface area contributed by atoms with Gasteiger partial charge in [-0.1, -0.05) is 0 Å². The zero-order chi connectivity index (χ0) is 10.9. The fourth-order valence-corrected chi connectivity index (χ4v) is 1.57. The van der Waals surface area contributed by atoms with Gasteiger partial charge in [-0.05, 0) is 6.42 Å². The Balaban J connectivity index is 2.04. The van der Waals surface area contributed by atoms with Crippen molar-refractivity contribution in [3.8, 4) is 0 Å². The fourth-order valence-electron chi connectivity index (χ4n) is 1.57. The number of nitrogens with one attached hydrogen (secondary N) is 3. The highest BCUT2D eigenvalue weighted by molar-refractivity contribution is 5.76. The van der Waals surface area contributed by atoms with Gasteiger partial charge in [0, 0.05) is 45.1 Å². The Hall–Kier alpha value is -0.940. The molecular weight excluding hydrogens is 194 g/mol. The van der Waals surface area contributed by atoms with E-state index >= 15 is 0 Å². The van der Waals surface area contributed by atoms with Gasteiger partial charge in [-0.3, -0.25) is 4.79 Å². The number of hydrogen-bond donors (Lipinski definition) is 3. The minimum absolute atomic E-state index is 0.0575. The third-order valence-electron chi connectivity index (χ3n) is 2.38. The van der Waals surface area contributed by atoms with E-state index in [2.05, 4.69) is 16.0 Å². The number of unbranched alkanes of at least 4 members (excludes halogenated alkanes) is 1. The molecule has 0 aromatic rings. The first-order chi connectivity index (χ1) is 7.33. The Morgan fingerprint density at radius 3 is 3.00 bits per heavy atom. The Morgan fingerprint density at radius 2 is 2.33 bits per heavy atom. The molecule has 1 atom stereocenters. The van der Waals surface area contributed by atoms with Crippen LogP contribution in [0, 0.1) is 0 Å². The normalized spacial score (nSPS) is 20.9. The second-order valence-electron chi connectivity index (χ2n) is 3.72. The maximum atomic E-state index is 11.4. The predicted octanol–water partition coefficient (Wildman–Crippen LogP) is -0.967. The maximum Gasteiger partial charge on any atom is 0.221 e. The summed E-state index contributed by atoms with van der Waals surface area (Å²) in [4.78, 5) is 21.4. The van der Waals surface area contributed by atoms with Gasteiger partial charge in [-0.15, -0.1) is 0 Å². The van der Waals surface area contributed by atoms with Gasteiger partial charge in [0.1, 0.15) is 6.29 Å². The zero-order valence-corrected chi connectivity index (χ0v) is 8.92. The van der Waals surface area contributed by atoms with E-state index in [1.807, 2.05) is 0 Å². The van der Waals surface area contributed by atoms with Gasteiger partial charge in [-0.2, -0.15) is 0 Å². The molecule has 1 aliphatic rings. The Bertz CT molecular complexity index is 203. The number of hydrogen-bond acceptors (Lipinski definition) is 4. The predicted molar refractivity (Wildman–Crippen MR) is 57.6 cm³/mol. The number of amides is 1. The fraction of sp³-hybridized carbons (Fsp3) is 0.800. The van der Waals surface area contributed by atoms with Crippen molar-refractivity contribution in [2.75, 3.05) is 26.2 Å². The summed E-state index contributed by atoms with van der Waals surface area (Å²) in [5.74, 6) is 0.0575. The number of aldehydes is 1. The third-order valence-corrected chi connectivity index (χ3v) is 2.38.